The maximum absolute atomic E-state index is 5.55. The van der Waals surface area contributed by atoms with E-state index in [1.54, 1.807) is 16.3 Å². The molecule has 0 spiro atoms. The number of hydrogen-bond acceptors (Lipinski definition) is 3. The third-order valence-electron chi connectivity index (χ3n) is 1.78. The van der Waals surface area contributed by atoms with Crippen molar-refractivity contribution in [3.8, 4) is 0 Å². The van der Waals surface area contributed by atoms with Crippen LogP contribution in [-0.2, 0) is 39.1 Å². The molecular formula is C9H14BN2SY-. The summed E-state index contributed by atoms with van der Waals surface area (Å²) in [5, 5.41) is 3.08. The van der Waals surface area contributed by atoms with E-state index in [0.29, 0.717) is 0 Å². The Hall–Kier alpha value is 0.789. The zero-order valence-corrected chi connectivity index (χ0v) is 12.1. The standard InChI is InChI=1S/C9H14BN2S.Y/c1-2-12(10)11-7-3-5-9-6-4-8-13-9;/h4,6,11H,2-3,5,7H2,1H3;/q-1;. The van der Waals surface area contributed by atoms with Crippen LogP contribution in [0.2, 0.25) is 0 Å². The molecular weight excluding hydrogens is 268 g/mol. The minimum Gasteiger partial charge on any atom is -0.300 e. The molecule has 14 heavy (non-hydrogen) atoms. The summed E-state index contributed by atoms with van der Waals surface area (Å²) in [5.41, 5.74) is 3.10. The zero-order valence-electron chi connectivity index (χ0n) is 8.49. The van der Waals surface area contributed by atoms with Crippen LogP contribution in [0.5, 0.6) is 0 Å². The van der Waals surface area contributed by atoms with E-state index in [1.165, 1.54) is 4.88 Å². The van der Waals surface area contributed by atoms with Gasteiger partial charge in [-0.3, -0.25) is 10.3 Å². The van der Waals surface area contributed by atoms with Gasteiger partial charge in [0.25, 0.3) is 0 Å². The third kappa shape index (κ3) is 6.31. The fourth-order valence-electron chi connectivity index (χ4n) is 1.00. The average Bonchev–Trinajstić information content (AvgIpc) is 2.64. The number of hydrogen-bond donors (Lipinski definition) is 1. The van der Waals surface area contributed by atoms with Crippen molar-refractivity contribution in [2.45, 2.75) is 19.8 Å². The van der Waals surface area contributed by atoms with Gasteiger partial charge < -0.3 is 11.3 Å². The molecule has 0 amide bonds. The van der Waals surface area contributed by atoms with Crippen LogP contribution in [0.1, 0.15) is 18.2 Å². The SMILES string of the molecule is [B]N(CC)NCCCc1cc[c-]s1.[Y]. The minimum absolute atomic E-state index is 0. The number of nitrogens with one attached hydrogen (secondary N) is 1. The van der Waals surface area contributed by atoms with E-state index >= 15 is 0 Å². The fraction of sp³-hybridized carbons (Fsp3) is 0.556. The normalized spacial score (nSPS) is 10.1. The molecule has 0 bridgehead atoms. The van der Waals surface area contributed by atoms with Crippen LogP contribution < -0.4 is 5.43 Å². The van der Waals surface area contributed by atoms with Crippen molar-refractivity contribution in [3.63, 3.8) is 0 Å². The second-order valence-corrected chi connectivity index (χ2v) is 3.78. The van der Waals surface area contributed by atoms with Gasteiger partial charge in [0.15, 0.2) is 0 Å². The molecule has 1 heterocycles. The number of nitrogens with zero attached hydrogens (tertiary/aromatic N) is 1. The van der Waals surface area contributed by atoms with Crippen molar-refractivity contribution >= 4 is 19.3 Å². The molecule has 1 aromatic rings. The first-order valence-corrected chi connectivity index (χ1v) is 5.35. The summed E-state index contributed by atoms with van der Waals surface area (Å²) in [6.07, 6.45) is 2.22. The Morgan fingerprint density at radius 2 is 2.43 bits per heavy atom. The molecule has 0 aliphatic carbocycles. The van der Waals surface area contributed by atoms with Crippen LogP contribution in [0.25, 0.3) is 0 Å². The summed E-state index contributed by atoms with van der Waals surface area (Å²) in [4.78, 5) is 3.00. The maximum atomic E-state index is 5.55. The number of rotatable bonds is 6. The van der Waals surface area contributed by atoms with Crippen LogP contribution in [0.15, 0.2) is 12.1 Å². The molecule has 73 valence electrons. The second kappa shape index (κ2) is 9.05. The second-order valence-electron chi connectivity index (χ2n) is 2.82. The van der Waals surface area contributed by atoms with Gasteiger partial charge in [-0.25, -0.2) is 6.07 Å². The minimum atomic E-state index is 0. The molecule has 1 N–H and O–H groups in total. The van der Waals surface area contributed by atoms with Crippen LogP contribution in [-0.4, -0.2) is 26.0 Å². The van der Waals surface area contributed by atoms with Crippen molar-refractivity contribution in [2.24, 2.45) is 0 Å². The van der Waals surface area contributed by atoms with E-state index in [4.69, 9.17) is 7.98 Å². The molecule has 0 aliphatic rings. The van der Waals surface area contributed by atoms with Crippen molar-refractivity contribution in [2.75, 3.05) is 13.1 Å². The third-order valence-corrected chi connectivity index (χ3v) is 2.64. The van der Waals surface area contributed by atoms with Gasteiger partial charge >= 0.3 is 0 Å². The Morgan fingerprint density at radius 1 is 1.64 bits per heavy atom. The summed E-state index contributed by atoms with van der Waals surface area (Å²) in [6.45, 7) is 3.77. The first-order valence-electron chi connectivity index (χ1n) is 4.53. The van der Waals surface area contributed by atoms with Crippen molar-refractivity contribution in [3.05, 3.63) is 22.4 Å². The summed E-state index contributed by atoms with van der Waals surface area (Å²) in [5.74, 6) is 0. The van der Waals surface area contributed by atoms with Crippen molar-refractivity contribution < 1.29 is 32.7 Å². The van der Waals surface area contributed by atoms with Gasteiger partial charge in [0.2, 0.25) is 7.98 Å². The van der Waals surface area contributed by atoms with Crippen molar-refractivity contribution in [1.82, 2.24) is 10.3 Å². The Balaban J connectivity index is 0.00000169. The van der Waals surface area contributed by atoms with Crippen LogP contribution >= 0.6 is 11.3 Å². The first-order chi connectivity index (χ1) is 6.33. The maximum Gasteiger partial charge on any atom is 0.206 e. The molecule has 0 aromatic carbocycles. The Labute approximate surface area is 117 Å². The summed E-state index contributed by atoms with van der Waals surface area (Å²) >= 11 is 1.69. The predicted octanol–water partition coefficient (Wildman–Crippen LogP) is 1.39. The smallest absolute Gasteiger partial charge is 0.206 e. The van der Waals surface area contributed by atoms with Gasteiger partial charge in [-0.1, -0.05) is 13.3 Å². The molecule has 0 saturated carbocycles. The van der Waals surface area contributed by atoms with Crippen LogP contribution in [0.4, 0.5) is 0 Å². The van der Waals surface area contributed by atoms with Gasteiger partial charge in [-0.15, -0.1) is 10.3 Å². The number of thiophene rings is 1. The van der Waals surface area contributed by atoms with Gasteiger partial charge in [0.1, 0.15) is 0 Å². The first kappa shape index (κ1) is 14.8. The molecule has 5 heteroatoms. The molecule has 0 aliphatic heterocycles. The van der Waals surface area contributed by atoms with E-state index in [0.717, 1.165) is 25.9 Å². The summed E-state index contributed by atoms with van der Waals surface area (Å²) in [7, 11) is 5.55. The monoisotopic (exact) mass is 282 g/mol. The van der Waals surface area contributed by atoms with E-state index in [1.807, 2.05) is 13.0 Å². The molecule has 1 rings (SSSR count). The fourth-order valence-corrected chi connectivity index (χ4v) is 1.67. The summed E-state index contributed by atoms with van der Waals surface area (Å²) < 4.78 is 0. The Morgan fingerprint density at radius 3 is 3.00 bits per heavy atom. The van der Waals surface area contributed by atoms with Gasteiger partial charge in [-0.2, -0.15) is 6.07 Å². The Kier molecular flexibility index (Phi) is 9.56. The molecule has 2 nitrogen and oxygen atoms in total. The molecule has 0 fully saturated rings. The van der Waals surface area contributed by atoms with Gasteiger partial charge in [0.05, 0.1) is 0 Å². The quantitative estimate of drug-likeness (QED) is 0.367. The molecule has 0 saturated heterocycles. The van der Waals surface area contributed by atoms with E-state index in [9.17, 15) is 0 Å². The number of aryl methyl sites for hydroxylation is 1. The van der Waals surface area contributed by atoms with Gasteiger partial charge in [0, 0.05) is 39.3 Å². The average molecular weight is 282 g/mol. The van der Waals surface area contributed by atoms with Crippen molar-refractivity contribution in [1.29, 1.82) is 0 Å². The molecule has 0 unspecified atom stereocenters. The van der Waals surface area contributed by atoms with Gasteiger partial charge in [-0.05, 0) is 13.0 Å². The zero-order chi connectivity index (χ0) is 9.52. The topological polar surface area (TPSA) is 15.3 Å². The predicted molar refractivity (Wildman–Crippen MR) is 57.6 cm³/mol. The molecule has 3 radical (unpaired) electrons. The van der Waals surface area contributed by atoms with Crippen LogP contribution in [0.3, 0.4) is 0 Å². The Bertz CT molecular complexity index is 219. The van der Waals surface area contributed by atoms with E-state index in [-0.39, 0.29) is 32.7 Å². The van der Waals surface area contributed by atoms with E-state index in [2.05, 4.69) is 16.9 Å². The van der Waals surface area contributed by atoms with Crippen LogP contribution in [0, 0.1) is 5.38 Å². The van der Waals surface area contributed by atoms with E-state index < -0.39 is 0 Å². The molecule has 1 aromatic heterocycles. The largest absolute Gasteiger partial charge is 0.300 e. The number of hydrazine groups is 1. The molecule has 0 atom stereocenters. The summed E-state index contributed by atoms with van der Waals surface area (Å²) in [6, 6.07) is 4.08.